The lowest BCUT2D eigenvalue weighted by molar-refractivity contribution is 0.315. The van der Waals surface area contributed by atoms with E-state index in [9.17, 15) is 8.42 Å². The summed E-state index contributed by atoms with van der Waals surface area (Å²) in [5.41, 5.74) is 1.90. The van der Waals surface area contributed by atoms with Crippen molar-refractivity contribution in [2.45, 2.75) is 43.9 Å². The molecular weight excluding hydrogens is 328 g/mol. The minimum Gasteiger partial charge on any atom is -0.246 e. The third-order valence-electron chi connectivity index (χ3n) is 4.34. The first-order valence-corrected chi connectivity index (χ1v) is 10.3. The molecule has 0 bridgehead atoms. The molecule has 1 fully saturated rings. The van der Waals surface area contributed by atoms with Gasteiger partial charge in [-0.05, 0) is 37.8 Å². The molecular formula is C17H22N2O2S2. The standard InChI is InChI=1S/C17H22N2O2S2/c1-3-14-7-4-5-9-16(14)23(20,21)19-10-6-8-15(11-19)17-18-13(2)12-22-17/h4-5,7,9,12,15H,3,6,8,10-11H2,1-2H3. The van der Waals surface area contributed by atoms with E-state index in [2.05, 4.69) is 4.98 Å². The Hall–Kier alpha value is -1.24. The summed E-state index contributed by atoms with van der Waals surface area (Å²) < 4.78 is 27.8. The molecule has 0 spiro atoms. The average molecular weight is 351 g/mol. The molecule has 1 aliphatic rings. The van der Waals surface area contributed by atoms with Gasteiger partial charge in [0.2, 0.25) is 10.0 Å². The Morgan fingerprint density at radius 2 is 2.13 bits per heavy atom. The van der Waals surface area contributed by atoms with Crippen molar-refractivity contribution in [1.29, 1.82) is 0 Å². The zero-order valence-electron chi connectivity index (χ0n) is 13.5. The maximum atomic E-state index is 13.1. The zero-order chi connectivity index (χ0) is 16.4. The van der Waals surface area contributed by atoms with Crippen molar-refractivity contribution in [3.05, 3.63) is 45.9 Å². The number of piperidine rings is 1. The van der Waals surface area contributed by atoms with E-state index in [1.807, 2.05) is 31.4 Å². The molecule has 1 aromatic carbocycles. The molecule has 0 N–H and O–H groups in total. The van der Waals surface area contributed by atoms with Gasteiger partial charge in [-0.1, -0.05) is 25.1 Å². The van der Waals surface area contributed by atoms with Crippen LogP contribution in [0.3, 0.4) is 0 Å². The number of aryl methyl sites for hydroxylation is 2. The van der Waals surface area contributed by atoms with E-state index < -0.39 is 10.0 Å². The van der Waals surface area contributed by atoms with Gasteiger partial charge in [0.1, 0.15) is 0 Å². The van der Waals surface area contributed by atoms with E-state index in [0.29, 0.717) is 18.0 Å². The Balaban J connectivity index is 1.88. The molecule has 2 heterocycles. The molecule has 1 aromatic heterocycles. The van der Waals surface area contributed by atoms with Crippen LogP contribution in [-0.4, -0.2) is 30.8 Å². The summed E-state index contributed by atoms with van der Waals surface area (Å²) in [4.78, 5) is 5.01. The van der Waals surface area contributed by atoms with Gasteiger partial charge in [-0.3, -0.25) is 0 Å². The molecule has 4 nitrogen and oxygen atoms in total. The fourth-order valence-corrected chi connectivity index (χ4v) is 5.85. The van der Waals surface area contributed by atoms with Crippen LogP contribution in [0.1, 0.15) is 41.9 Å². The lowest BCUT2D eigenvalue weighted by Gasteiger charge is -2.31. The number of hydrogen-bond acceptors (Lipinski definition) is 4. The summed E-state index contributed by atoms with van der Waals surface area (Å²) in [6.45, 7) is 5.11. The maximum absolute atomic E-state index is 13.1. The van der Waals surface area contributed by atoms with Gasteiger partial charge in [-0.15, -0.1) is 11.3 Å². The molecule has 1 atom stereocenters. The SMILES string of the molecule is CCc1ccccc1S(=O)(=O)N1CCCC(c2nc(C)cs2)C1. The van der Waals surface area contributed by atoms with E-state index in [-0.39, 0.29) is 5.92 Å². The Morgan fingerprint density at radius 3 is 2.83 bits per heavy atom. The van der Waals surface area contributed by atoms with Crippen LogP contribution >= 0.6 is 11.3 Å². The van der Waals surface area contributed by atoms with Gasteiger partial charge in [0, 0.05) is 30.1 Å². The van der Waals surface area contributed by atoms with Gasteiger partial charge in [0.15, 0.2) is 0 Å². The first-order valence-electron chi connectivity index (χ1n) is 8.02. The summed E-state index contributed by atoms with van der Waals surface area (Å²) in [7, 11) is -3.43. The van der Waals surface area contributed by atoms with Gasteiger partial charge < -0.3 is 0 Å². The van der Waals surface area contributed by atoms with E-state index >= 15 is 0 Å². The minimum atomic E-state index is -3.43. The first kappa shape index (κ1) is 16.6. The van der Waals surface area contributed by atoms with Gasteiger partial charge in [0.25, 0.3) is 0 Å². The molecule has 0 saturated carbocycles. The Labute approximate surface area is 142 Å². The van der Waals surface area contributed by atoms with Gasteiger partial charge in [0.05, 0.1) is 9.90 Å². The summed E-state index contributed by atoms with van der Waals surface area (Å²) in [6, 6.07) is 7.33. The Kier molecular flexibility index (Phi) is 4.85. The molecule has 0 amide bonds. The van der Waals surface area contributed by atoms with Crippen molar-refractivity contribution in [1.82, 2.24) is 9.29 Å². The number of nitrogens with zero attached hydrogens (tertiary/aromatic N) is 2. The van der Waals surface area contributed by atoms with Gasteiger partial charge >= 0.3 is 0 Å². The maximum Gasteiger partial charge on any atom is 0.243 e. The molecule has 124 valence electrons. The van der Waals surface area contributed by atoms with Crippen molar-refractivity contribution in [3.8, 4) is 0 Å². The predicted molar refractivity (Wildman–Crippen MR) is 93.4 cm³/mol. The minimum absolute atomic E-state index is 0.214. The summed E-state index contributed by atoms with van der Waals surface area (Å²) in [6.07, 6.45) is 2.61. The second-order valence-corrected chi connectivity index (χ2v) is 8.79. The molecule has 3 rings (SSSR count). The van der Waals surface area contributed by atoms with Crippen LogP contribution in [0.25, 0.3) is 0 Å². The van der Waals surface area contributed by atoms with Crippen LogP contribution in [0.5, 0.6) is 0 Å². The van der Waals surface area contributed by atoms with Crippen molar-refractivity contribution in [3.63, 3.8) is 0 Å². The van der Waals surface area contributed by atoms with Crippen molar-refractivity contribution in [2.24, 2.45) is 0 Å². The van der Waals surface area contributed by atoms with E-state index in [1.54, 1.807) is 27.8 Å². The van der Waals surface area contributed by atoms with Gasteiger partial charge in [-0.2, -0.15) is 4.31 Å². The summed E-state index contributed by atoms with van der Waals surface area (Å²) >= 11 is 1.64. The fraction of sp³-hybridized carbons (Fsp3) is 0.471. The lowest BCUT2D eigenvalue weighted by atomic mass is 10.0. The molecule has 0 radical (unpaired) electrons. The normalized spacial score (nSPS) is 19.8. The molecule has 1 saturated heterocycles. The second kappa shape index (κ2) is 6.71. The monoisotopic (exact) mass is 350 g/mol. The highest BCUT2D eigenvalue weighted by atomic mass is 32.2. The second-order valence-electron chi connectivity index (χ2n) is 5.99. The molecule has 1 unspecified atom stereocenters. The van der Waals surface area contributed by atoms with Crippen LogP contribution in [-0.2, 0) is 16.4 Å². The van der Waals surface area contributed by atoms with Crippen LogP contribution in [0.2, 0.25) is 0 Å². The quantitative estimate of drug-likeness (QED) is 0.847. The molecule has 2 aromatic rings. The van der Waals surface area contributed by atoms with Crippen molar-refractivity contribution < 1.29 is 8.42 Å². The van der Waals surface area contributed by atoms with E-state index in [1.165, 1.54) is 0 Å². The average Bonchev–Trinajstić information content (AvgIpc) is 3.01. The van der Waals surface area contributed by atoms with Crippen LogP contribution in [0.4, 0.5) is 0 Å². The number of sulfonamides is 1. The summed E-state index contributed by atoms with van der Waals surface area (Å²) in [5.74, 6) is 0.214. The third kappa shape index (κ3) is 3.34. The molecule has 1 aliphatic heterocycles. The Bertz CT molecular complexity index is 783. The highest BCUT2D eigenvalue weighted by Crippen LogP contribution is 2.32. The fourth-order valence-electron chi connectivity index (χ4n) is 3.11. The summed E-state index contributed by atoms with van der Waals surface area (Å²) in [5, 5.41) is 3.10. The van der Waals surface area contributed by atoms with Crippen LogP contribution < -0.4 is 0 Å². The van der Waals surface area contributed by atoms with E-state index in [0.717, 1.165) is 35.5 Å². The molecule has 23 heavy (non-hydrogen) atoms. The highest BCUT2D eigenvalue weighted by Gasteiger charge is 2.32. The topological polar surface area (TPSA) is 50.3 Å². The van der Waals surface area contributed by atoms with E-state index in [4.69, 9.17) is 0 Å². The van der Waals surface area contributed by atoms with Crippen LogP contribution in [0, 0.1) is 6.92 Å². The molecule has 0 aliphatic carbocycles. The van der Waals surface area contributed by atoms with Crippen molar-refractivity contribution >= 4 is 21.4 Å². The first-order chi connectivity index (χ1) is 11.0. The number of thiazole rings is 1. The zero-order valence-corrected chi connectivity index (χ0v) is 15.2. The molecule has 6 heteroatoms. The predicted octanol–water partition coefficient (Wildman–Crippen LogP) is 3.58. The number of rotatable bonds is 4. The lowest BCUT2D eigenvalue weighted by Crippen LogP contribution is -2.39. The largest absolute Gasteiger partial charge is 0.246 e. The number of aromatic nitrogens is 1. The highest BCUT2D eigenvalue weighted by molar-refractivity contribution is 7.89. The number of hydrogen-bond donors (Lipinski definition) is 0. The van der Waals surface area contributed by atoms with Crippen molar-refractivity contribution in [2.75, 3.05) is 13.1 Å². The Morgan fingerprint density at radius 1 is 1.35 bits per heavy atom. The third-order valence-corrected chi connectivity index (χ3v) is 7.43. The van der Waals surface area contributed by atoms with Crippen LogP contribution in [0.15, 0.2) is 34.5 Å². The smallest absolute Gasteiger partial charge is 0.243 e. The van der Waals surface area contributed by atoms with Gasteiger partial charge in [-0.25, -0.2) is 13.4 Å². The number of benzene rings is 1.